The molecule has 0 saturated carbocycles. The molecule has 19 heavy (non-hydrogen) atoms. The van der Waals surface area contributed by atoms with Crippen molar-refractivity contribution >= 4 is 28.3 Å². The number of para-hydroxylation sites is 1. The fourth-order valence-corrected chi connectivity index (χ4v) is 2.59. The van der Waals surface area contributed by atoms with Crippen molar-refractivity contribution in [2.45, 2.75) is 6.54 Å². The topological polar surface area (TPSA) is 72.4 Å². The number of nitrogens with zero attached hydrogens (tertiary/aromatic N) is 1. The molecule has 5 nitrogen and oxygen atoms in total. The third-order valence-electron chi connectivity index (χ3n) is 2.87. The first-order chi connectivity index (χ1) is 9.16. The molecule has 96 valence electrons. The highest BCUT2D eigenvalue weighted by molar-refractivity contribution is 7.07. The lowest BCUT2D eigenvalue weighted by atomic mass is 10.1. The second kappa shape index (κ2) is 4.40. The Bertz CT molecular complexity index is 811. The van der Waals surface area contributed by atoms with Gasteiger partial charge in [-0.15, -0.1) is 0 Å². The lowest BCUT2D eigenvalue weighted by Crippen LogP contribution is -2.14. The first-order valence-electron chi connectivity index (χ1n) is 5.54. The van der Waals surface area contributed by atoms with Crippen LogP contribution in [-0.2, 0) is 6.54 Å². The van der Waals surface area contributed by atoms with Crippen molar-refractivity contribution in [3.8, 4) is 0 Å². The second-order valence-electron chi connectivity index (χ2n) is 4.01. The van der Waals surface area contributed by atoms with E-state index in [2.05, 4.69) is 0 Å². The number of carboxylic acid groups (broad SMARTS) is 1. The third-order valence-corrected chi connectivity index (χ3v) is 3.56. The monoisotopic (exact) mass is 275 g/mol. The zero-order valence-corrected chi connectivity index (χ0v) is 10.5. The molecular weight excluding hydrogens is 266 g/mol. The molecule has 0 radical (unpaired) electrons. The van der Waals surface area contributed by atoms with Crippen molar-refractivity contribution in [3.05, 3.63) is 56.8 Å². The molecule has 0 aliphatic carbocycles. The molecule has 2 aromatic heterocycles. The summed E-state index contributed by atoms with van der Waals surface area (Å²) in [5.41, 5.74) is 1.03. The molecule has 0 aliphatic heterocycles. The standard InChI is InChI=1S/C13H9NO4S/c15-12(16)11-9(7-14-5-6-19-13(14)17)8-3-1-2-4-10(8)18-11/h1-6H,7H2,(H,15,16). The Labute approximate surface area is 111 Å². The fraction of sp³-hybridized carbons (Fsp3) is 0.0769. The van der Waals surface area contributed by atoms with Gasteiger partial charge in [0.05, 0.1) is 6.54 Å². The minimum Gasteiger partial charge on any atom is -0.475 e. The minimum absolute atomic E-state index is 0.112. The van der Waals surface area contributed by atoms with Crippen molar-refractivity contribution in [2.75, 3.05) is 0 Å². The van der Waals surface area contributed by atoms with Gasteiger partial charge < -0.3 is 14.1 Å². The van der Waals surface area contributed by atoms with Crippen LogP contribution in [0, 0.1) is 0 Å². The zero-order valence-electron chi connectivity index (χ0n) is 9.70. The number of aromatic carboxylic acids is 1. The van der Waals surface area contributed by atoms with E-state index in [4.69, 9.17) is 4.42 Å². The van der Waals surface area contributed by atoms with Crippen LogP contribution in [-0.4, -0.2) is 15.6 Å². The average molecular weight is 275 g/mol. The molecule has 0 atom stereocenters. The van der Waals surface area contributed by atoms with Crippen LogP contribution in [0.25, 0.3) is 11.0 Å². The SMILES string of the molecule is O=C(O)c1oc2ccccc2c1Cn1ccsc1=O. The summed E-state index contributed by atoms with van der Waals surface area (Å²) in [7, 11) is 0. The summed E-state index contributed by atoms with van der Waals surface area (Å²) >= 11 is 1.08. The van der Waals surface area contributed by atoms with E-state index < -0.39 is 5.97 Å². The first kappa shape index (κ1) is 11.7. The van der Waals surface area contributed by atoms with Crippen molar-refractivity contribution in [3.63, 3.8) is 0 Å². The normalized spacial score (nSPS) is 10.9. The van der Waals surface area contributed by atoms with Crippen LogP contribution in [0.4, 0.5) is 0 Å². The van der Waals surface area contributed by atoms with E-state index in [1.165, 1.54) is 4.57 Å². The Balaban J connectivity index is 2.20. The lowest BCUT2D eigenvalue weighted by Gasteiger charge is -2.00. The minimum atomic E-state index is -1.13. The van der Waals surface area contributed by atoms with Gasteiger partial charge in [0, 0.05) is 22.5 Å². The third kappa shape index (κ3) is 1.96. The molecule has 3 rings (SSSR count). The molecule has 1 N–H and O–H groups in total. The van der Waals surface area contributed by atoms with Gasteiger partial charge in [-0.05, 0) is 6.07 Å². The number of hydrogen-bond donors (Lipinski definition) is 1. The highest BCUT2D eigenvalue weighted by Gasteiger charge is 2.20. The van der Waals surface area contributed by atoms with Crippen LogP contribution >= 0.6 is 11.3 Å². The number of aromatic nitrogens is 1. The predicted molar refractivity (Wildman–Crippen MR) is 70.9 cm³/mol. The number of rotatable bonds is 3. The highest BCUT2D eigenvalue weighted by atomic mass is 32.1. The van der Waals surface area contributed by atoms with Gasteiger partial charge in [-0.1, -0.05) is 29.5 Å². The maximum Gasteiger partial charge on any atom is 0.372 e. The Morgan fingerprint density at radius 3 is 2.84 bits per heavy atom. The molecule has 0 bridgehead atoms. The molecule has 0 saturated heterocycles. The van der Waals surface area contributed by atoms with Gasteiger partial charge in [0.1, 0.15) is 5.58 Å². The number of benzene rings is 1. The summed E-state index contributed by atoms with van der Waals surface area (Å²) in [6, 6.07) is 7.08. The number of thiazole rings is 1. The molecule has 0 aliphatic rings. The summed E-state index contributed by atoms with van der Waals surface area (Å²) < 4.78 is 6.80. The van der Waals surface area contributed by atoms with E-state index in [1.807, 2.05) is 6.07 Å². The summed E-state index contributed by atoms with van der Waals surface area (Å²) in [4.78, 5) is 22.7. The molecule has 0 fully saturated rings. The van der Waals surface area contributed by atoms with Gasteiger partial charge in [-0.3, -0.25) is 4.79 Å². The predicted octanol–water partition coefficient (Wildman–Crippen LogP) is 2.40. The average Bonchev–Trinajstić information content (AvgIpc) is 2.95. The number of fused-ring (bicyclic) bond motifs is 1. The van der Waals surface area contributed by atoms with E-state index in [9.17, 15) is 14.7 Å². The van der Waals surface area contributed by atoms with E-state index in [0.29, 0.717) is 11.1 Å². The summed E-state index contributed by atoms with van der Waals surface area (Å²) in [6.07, 6.45) is 1.64. The molecule has 0 amide bonds. The van der Waals surface area contributed by atoms with Gasteiger partial charge in [0.2, 0.25) is 5.76 Å². The first-order valence-corrected chi connectivity index (χ1v) is 6.42. The van der Waals surface area contributed by atoms with Crippen molar-refractivity contribution in [2.24, 2.45) is 0 Å². The lowest BCUT2D eigenvalue weighted by molar-refractivity contribution is 0.0663. The van der Waals surface area contributed by atoms with Crippen molar-refractivity contribution in [1.29, 1.82) is 0 Å². The maximum atomic E-state index is 11.6. The van der Waals surface area contributed by atoms with Gasteiger partial charge in [-0.25, -0.2) is 4.79 Å². The molecule has 6 heteroatoms. The molecule has 2 heterocycles. The Hall–Kier alpha value is -2.34. The molecular formula is C13H9NO4S. The quantitative estimate of drug-likeness (QED) is 0.796. The van der Waals surface area contributed by atoms with Crippen LogP contribution < -0.4 is 4.87 Å². The summed E-state index contributed by atoms with van der Waals surface area (Å²) in [5.74, 6) is -1.24. The summed E-state index contributed by atoms with van der Waals surface area (Å²) in [5, 5.41) is 11.6. The second-order valence-corrected chi connectivity index (χ2v) is 4.86. The van der Waals surface area contributed by atoms with Gasteiger partial charge in [-0.2, -0.15) is 0 Å². The number of furan rings is 1. The van der Waals surface area contributed by atoms with E-state index in [1.54, 1.807) is 29.8 Å². The zero-order chi connectivity index (χ0) is 13.4. The highest BCUT2D eigenvalue weighted by Crippen LogP contribution is 2.26. The molecule has 3 aromatic rings. The van der Waals surface area contributed by atoms with Crippen molar-refractivity contribution in [1.82, 2.24) is 4.57 Å². The van der Waals surface area contributed by atoms with Crippen LogP contribution in [0.1, 0.15) is 16.1 Å². The molecule has 0 spiro atoms. The maximum absolute atomic E-state index is 11.6. The Morgan fingerprint density at radius 1 is 1.37 bits per heavy atom. The van der Waals surface area contributed by atoms with E-state index in [0.717, 1.165) is 16.7 Å². The van der Waals surface area contributed by atoms with Crippen LogP contribution in [0.2, 0.25) is 0 Å². The summed E-state index contributed by atoms with van der Waals surface area (Å²) in [6.45, 7) is 0.195. The van der Waals surface area contributed by atoms with Gasteiger partial charge in [0.15, 0.2) is 0 Å². The van der Waals surface area contributed by atoms with E-state index >= 15 is 0 Å². The smallest absolute Gasteiger partial charge is 0.372 e. The van der Waals surface area contributed by atoms with Crippen LogP contribution in [0.3, 0.4) is 0 Å². The number of carboxylic acids is 1. The Kier molecular flexibility index (Phi) is 2.72. The molecule has 0 unspecified atom stereocenters. The largest absolute Gasteiger partial charge is 0.475 e. The molecule has 1 aromatic carbocycles. The van der Waals surface area contributed by atoms with Crippen LogP contribution in [0.15, 0.2) is 45.1 Å². The number of hydrogen-bond acceptors (Lipinski definition) is 4. The fourth-order valence-electron chi connectivity index (χ4n) is 2.01. The number of carbonyl (C=O) groups is 1. The Morgan fingerprint density at radius 2 is 2.16 bits per heavy atom. The van der Waals surface area contributed by atoms with Gasteiger partial charge >= 0.3 is 10.8 Å². The van der Waals surface area contributed by atoms with Crippen LogP contribution in [0.5, 0.6) is 0 Å². The van der Waals surface area contributed by atoms with Crippen molar-refractivity contribution < 1.29 is 14.3 Å². The van der Waals surface area contributed by atoms with E-state index in [-0.39, 0.29) is 17.2 Å². The van der Waals surface area contributed by atoms with Gasteiger partial charge in [0.25, 0.3) is 0 Å².